The minimum Gasteiger partial charge on any atom is -0.548 e. The first kappa shape index (κ1) is 17.6. The maximum absolute atomic E-state index is 12.2. The fraction of sp³-hybridized carbons (Fsp3) is 0.133. The van der Waals surface area contributed by atoms with Crippen molar-refractivity contribution in [2.75, 3.05) is 0 Å². The number of hydrogen-bond acceptors (Lipinski definition) is 6. The molecule has 0 heterocycles. The molecule has 0 amide bonds. The predicted molar refractivity (Wildman–Crippen MR) is 82.4 cm³/mol. The van der Waals surface area contributed by atoms with Gasteiger partial charge in [-0.2, -0.15) is 0 Å². The highest BCUT2D eigenvalue weighted by atomic mass is 32.2. The van der Waals surface area contributed by atoms with Gasteiger partial charge in [-0.3, -0.25) is 10.1 Å². The third kappa shape index (κ3) is 4.37. The first-order valence-corrected chi connectivity index (χ1v) is 8.29. The summed E-state index contributed by atoms with van der Waals surface area (Å²) >= 11 is 0. The van der Waals surface area contributed by atoms with Gasteiger partial charge in [0.15, 0.2) is 0 Å². The molecule has 126 valence electrons. The zero-order chi connectivity index (χ0) is 17.7. The van der Waals surface area contributed by atoms with Gasteiger partial charge in [-0.1, -0.05) is 30.3 Å². The van der Waals surface area contributed by atoms with Gasteiger partial charge in [-0.15, -0.1) is 0 Å². The molecule has 0 aromatic heterocycles. The van der Waals surface area contributed by atoms with Crippen molar-refractivity contribution in [2.45, 2.75) is 17.4 Å². The summed E-state index contributed by atoms with van der Waals surface area (Å²) in [6.45, 7) is 0. The van der Waals surface area contributed by atoms with Crippen LogP contribution in [0.4, 0.5) is 5.69 Å². The van der Waals surface area contributed by atoms with Crippen LogP contribution >= 0.6 is 0 Å². The van der Waals surface area contributed by atoms with Gasteiger partial charge in [0.1, 0.15) is 0 Å². The molecule has 0 unspecified atom stereocenters. The van der Waals surface area contributed by atoms with Gasteiger partial charge >= 0.3 is 0 Å². The number of aliphatic carboxylic acids is 1. The molecule has 2 aromatic rings. The van der Waals surface area contributed by atoms with E-state index in [-0.39, 0.29) is 17.0 Å². The summed E-state index contributed by atoms with van der Waals surface area (Å²) in [5, 5.41) is 21.8. The first-order valence-electron chi connectivity index (χ1n) is 6.81. The smallest absolute Gasteiger partial charge is 0.269 e. The van der Waals surface area contributed by atoms with Crippen LogP contribution in [0.15, 0.2) is 59.5 Å². The number of nitrogens with one attached hydrogen (secondary N) is 1. The van der Waals surface area contributed by atoms with E-state index in [1.54, 1.807) is 6.07 Å². The van der Waals surface area contributed by atoms with Crippen LogP contribution in [0.25, 0.3) is 0 Å². The van der Waals surface area contributed by atoms with E-state index in [2.05, 4.69) is 4.72 Å². The monoisotopic (exact) mass is 349 g/mol. The predicted octanol–water partition coefficient (Wildman–Crippen LogP) is 0.234. The number of sulfonamides is 1. The molecule has 2 aromatic carbocycles. The van der Waals surface area contributed by atoms with Crippen LogP contribution in [0.1, 0.15) is 5.56 Å². The number of benzene rings is 2. The van der Waals surface area contributed by atoms with E-state index in [1.165, 1.54) is 48.5 Å². The lowest BCUT2D eigenvalue weighted by molar-refractivity contribution is -0.384. The molecular formula is C15H13N2O6S-. The number of nitro groups is 1. The van der Waals surface area contributed by atoms with Gasteiger partial charge in [0.25, 0.3) is 5.69 Å². The second-order valence-electron chi connectivity index (χ2n) is 4.93. The summed E-state index contributed by atoms with van der Waals surface area (Å²) in [6, 6.07) is 11.0. The van der Waals surface area contributed by atoms with Gasteiger partial charge in [0.05, 0.1) is 21.8 Å². The van der Waals surface area contributed by atoms with Crippen LogP contribution in [0, 0.1) is 10.1 Å². The number of carbonyl (C=O) groups is 1. The Bertz CT molecular complexity index is 834. The second-order valence-corrected chi connectivity index (χ2v) is 6.65. The summed E-state index contributed by atoms with van der Waals surface area (Å²) in [5.41, 5.74) is 0.277. The molecule has 0 radical (unpaired) electrons. The summed E-state index contributed by atoms with van der Waals surface area (Å²) in [7, 11) is -4.03. The molecule has 9 heteroatoms. The Morgan fingerprint density at radius 3 is 2.17 bits per heavy atom. The highest BCUT2D eigenvalue weighted by Gasteiger charge is 2.21. The number of nitrogens with zero attached hydrogens (tertiary/aromatic N) is 1. The zero-order valence-electron chi connectivity index (χ0n) is 12.3. The highest BCUT2D eigenvalue weighted by Crippen LogP contribution is 2.14. The molecule has 0 aliphatic carbocycles. The third-order valence-corrected chi connectivity index (χ3v) is 4.71. The minimum atomic E-state index is -4.03. The molecule has 0 aliphatic heterocycles. The van der Waals surface area contributed by atoms with Crippen molar-refractivity contribution in [1.82, 2.24) is 4.72 Å². The van der Waals surface area contributed by atoms with Gasteiger partial charge in [0.2, 0.25) is 10.0 Å². The average Bonchev–Trinajstić information content (AvgIpc) is 2.55. The number of carbonyl (C=O) groups excluding carboxylic acids is 1. The summed E-state index contributed by atoms with van der Waals surface area (Å²) in [5.74, 6) is -1.59. The normalized spacial score (nSPS) is 12.5. The van der Waals surface area contributed by atoms with Crippen molar-refractivity contribution in [3.63, 3.8) is 0 Å². The Kier molecular flexibility index (Phi) is 5.27. The van der Waals surface area contributed by atoms with Gasteiger partial charge in [-0.05, 0) is 24.1 Å². The molecule has 0 bridgehead atoms. The number of hydrogen-bond donors (Lipinski definition) is 1. The minimum absolute atomic E-state index is 0.0695. The molecule has 0 saturated carbocycles. The Morgan fingerprint density at radius 1 is 1.08 bits per heavy atom. The molecule has 1 N–H and O–H groups in total. The van der Waals surface area contributed by atoms with E-state index in [1.807, 2.05) is 0 Å². The fourth-order valence-corrected chi connectivity index (χ4v) is 3.22. The molecule has 0 fully saturated rings. The lowest BCUT2D eigenvalue weighted by Gasteiger charge is -2.19. The van der Waals surface area contributed by atoms with Crippen LogP contribution in [-0.4, -0.2) is 25.4 Å². The van der Waals surface area contributed by atoms with Crippen LogP contribution < -0.4 is 9.83 Å². The number of carboxylic acids is 1. The topological polar surface area (TPSA) is 129 Å². The van der Waals surface area contributed by atoms with Crippen LogP contribution in [-0.2, 0) is 21.2 Å². The summed E-state index contributed by atoms with van der Waals surface area (Å²) in [4.78, 5) is 21.2. The lowest BCUT2D eigenvalue weighted by Crippen LogP contribution is -2.49. The standard InChI is InChI=1S/C15H14N2O6S/c18-15(19)14(10-11-6-8-12(9-7-11)17(20)21)16-24(22,23)13-4-2-1-3-5-13/h1-9,14,16H,10H2,(H,18,19)/p-1/t14-/m0/s1. The van der Waals surface area contributed by atoms with Gasteiger partial charge < -0.3 is 9.90 Å². The zero-order valence-corrected chi connectivity index (χ0v) is 13.1. The van der Waals surface area contributed by atoms with Crippen LogP contribution in [0.2, 0.25) is 0 Å². The quantitative estimate of drug-likeness (QED) is 0.563. The highest BCUT2D eigenvalue weighted by molar-refractivity contribution is 7.89. The number of nitro benzene ring substituents is 1. The van der Waals surface area contributed by atoms with Crippen molar-refractivity contribution in [1.29, 1.82) is 0 Å². The van der Waals surface area contributed by atoms with Crippen molar-refractivity contribution in [3.8, 4) is 0 Å². The third-order valence-electron chi connectivity index (χ3n) is 3.22. The second kappa shape index (κ2) is 7.20. The van der Waals surface area contributed by atoms with E-state index in [9.17, 15) is 28.4 Å². The van der Waals surface area contributed by atoms with E-state index >= 15 is 0 Å². The number of rotatable bonds is 7. The maximum atomic E-state index is 12.2. The van der Waals surface area contributed by atoms with Gasteiger partial charge in [-0.25, -0.2) is 13.1 Å². The Hall–Kier alpha value is -2.78. The summed E-state index contributed by atoms with van der Waals surface area (Å²) in [6.07, 6.45) is -0.202. The Balaban J connectivity index is 2.18. The van der Waals surface area contributed by atoms with Crippen LogP contribution in [0.3, 0.4) is 0 Å². The van der Waals surface area contributed by atoms with Crippen molar-refractivity contribution < 1.29 is 23.2 Å². The summed E-state index contributed by atoms with van der Waals surface area (Å²) < 4.78 is 26.4. The lowest BCUT2D eigenvalue weighted by atomic mass is 10.1. The van der Waals surface area contributed by atoms with E-state index in [0.717, 1.165) is 0 Å². The van der Waals surface area contributed by atoms with E-state index in [4.69, 9.17) is 0 Å². The Labute approximate surface area is 138 Å². The average molecular weight is 349 g/mol. The maximum Gasteiger partial charge on any atom is 0.269 e. The molecular weight excluding hydrogens is 336 g/mol. The first-order chi connectivity index (χ1) is 11.3. The van der Waals surface area contributed by atoms with Crippen molar-refractivity contribution >= 4 is 21.7 Å². The molecule has 0 aliphatic rings. The van der Waals surface area contributed by atoms with E-state index in [0.29, 0.717) is 5.56 Å². The number of carboxylic acid groups (broad SMARTS) is 1. The molecule has 24 heavy (non-hydrogen) atoms. The molecule has 1 atom stereocenters. The largest absolute Gasteiger partial charge is 0.548 e. The molecule has 0 spiro atoms. The fourth-order valence-electron chi connectivity index (χ4n) is 2.02. The Morgan fingerprint density at radius 2 is 1.67 bits per heavy atom. The van der Waals surface area contributed by atoms with Gasteiger partial charge in [0, 0.05) is 12.1 Å². The van der Waals surface area contributed by atoms with Crippen molar-refractivity contribution in [2.24, 2.45) is 0 Å². The SMILES string of the molecule is O=C([O-])[C@H](Cc1ccc([N+](=O)[O-])cc1)NS(=O)(=O)c1ccccc1. The van der Waals surface area contributed by atoms with E-state index < -0.39 is 27.0 Å². The number of non-ortho nitro benzene ring substituents is 1. The molecule has 8 nitrogen and oxygen atoms in total. The van der Waals surface area contributed by atoms with Crippen molar-refractivity contribution in [3.05, 3.63) is 70.3 Å². The molecule has 0 saturated heterocycles. The van der Waals surface area contributed by atoms with Crippen LogP contribution in [0.5, 0.6) is 0 Å². The molecule has 2 rings (SSSR count).